The maximum absolute atomic E-state index is 2.45. The average Bonchev–Trinajstić information content (AvgIpc) is 2.99. The second-order valence-corrected chi connectivity index (χ2v) is 7.99. The predicted molar refractivity (Wildman–Crippen MR) is 104 cm³/mol. The molecule has 0 radical (unpaired) electrons. The number of allylic oxidation sites excluding steroid dienone is 1. The van der Waals surface area contributed by atoms with Crippen molar-refractivity contribution < 1.29 is 0 Å². The molecule has 2 aliphatic rings. The van der Waals surface area contributed by atoms with Gasteiger partial charge in [-0.25, -0.2) is 0 Å². The molecule has 2 aromatic rings. The summed E-state index contributed by atoms with van der Waals surface area (Å²) >= 11 is 0. The van der Waals surface area contributed by atoms with Crippen LogP contribution in [0.3, 0.4) is 0 Å². The normalized spacial score (nSPS) is 23.0. The molecule has 0 heteroatoms. The van der Waals surface area contributed by atoms with Crippen molar-refractivity contribution in [3.05, 3.63) is 75.4 Å². The summed E-state index contributed by atoms with van der Waals surface area (Å²) in [6.45, 7) is 6.72. The molecule has 1 saturated carbocycles. The first-order valence-corrected chi connectivity index (χ1v) is 9.48. The summed E-state index contributed by atoms with van der Waals surface area (Å²) in [6.07, 6.45) is 8.94. The zero-order valence-electron chi connectivity index (χ0n) is 15.2. The second kappa shape index (κ2) is 6.24. The molecule has 0 heterocycles. The van der Waals surface area contributed by atoms with Gasteiger partial charge in [0.15, 0.2) is 0 Å². The Morgan fingerprint density at radius 3 is 2.12 bits per heavy atom. The standard InChI is InChI=1S/C24H28/c1-16-4-7-19(8-5-16)20-9-11-21(12-10-20)22-13-6-18(3)23-14-17(2)15-24(22)23/h4-8,13,15,20-21H,9-12,14H2,1-3H3. The van der Waals surface area contributed by atoms with Crippen LogP contribution in [0.25, 0.3) is 6.08 Å². The van der Waals surface area contributed by atoms with Gasteiger partial charge < -0.3 is 0 Å². The zero-order chi connectivity index (χ0) is 16.7. The van der Waals surface area contributed by atoms with Crippen LogP contribution in [0, 0.1) is 13.8 Å². The van der Waals surface area contributed by atoms with Crippen molar-refractivity contribution in [1.29, 1.82) is 0 Å². The molecule has 0 spiro atoms. The van der Waals surface area contributed by atoms with Gasteiger partial charge in [0, 0.05) is 0 Å². The number of aryl methyl sites for hydroxylation is 2. The Balaban J connectivity index is 1.53. The summed E-state index contributed by atoms with van der Waals surface area (Å²) in [5.74, 6) is 1.51. The maximum Gasteiger partial charge on any atom is -0.00579 e. The Labute approximate surface area is 146 Å². The molecule has 0 aromatic heterocycles. The van der Waals surface area contributed by atoms with E-state index in [1.807, 2.05) is 0 Å². The van der Waals surface area contributed by atoms with Gasteiger partial charge in [-0.15, -0.1) is 0 Å². The highest BCUT2D eigenvalue weighted by Gasteiger charge is 2.26. The minimum absolute atomic E-state index is 0.753. The molecular formula is C24H28. The lowest BCUT2D eigenvalue weighted by molar-refractivity contribution is 0.396. The van der Waals surface area contributed by atoms with Gasteiger partial charge in [-0.3, -0.25) is 0 Å². The van der Waals surface area contributed by atoms with Crippen LogP contribution in [0.2, 0.25) is 0 Å². The zero-order valence-corrected chi connectivity index (χ0v) is 15.2. The molecule has 24 heavy (non-hydrogen) atoms. The van der Waals surface area contributed by atoms with Crippen molar-refractivity contribution in [3.8, 4) is 0 Å². The van der Waals surface area contributed by atoms with E-state index in [-0.39, 0.29) is 0 Å². The van der Waals surface area contributed by atoms with E-state index < -0.39 is 0 Å². The van der Waals surface area contributed by atoms with Crippen molar-refractivity contribution in [2.45, 2.75) is 64.7 Å². The Kier molecular flexibility index (Phi) is 4.08. The Hall–Kier alpha value is -1.82. The van der Waals surface area contributed by atoms with Crippen LogP contribution in [-0.2, 0) is 6.42 Å². The molecule has 0 nitrogen and oxygen atoms in total. The molecule has 2 aromatic carbocycles. The van der Waals surface area contributed by atoms with E-state index in [9.17, 15) is 0 Å². The number of hydrogen-bond donors (Lipinski definition) is 0. The second-order valence-electron chi connectivity index (χ2n) is 7.99. The highest BCUT2D eigenvalue weighted by atomic mass is 14.3. The van der Waals surface area contributed by atoms with Crippen molar-refractivity contribution in [2.24, 2.45) is 0 Å². The fraction of sp³-hybridized carbons (Fsp3) is 0.417. The van der Waals surface area contributed by atoms with E-state index in [2.05, 4.69) is 63.2 Å². The molecular weight excluding hydrogens is 288 g/mol. The van der Waals surface area contributed by atoms with Gasteiger partial charge in [0.25, 0.3) is 0 Å². The molecule has 0 atom stereocenters. The number of hydrogen-bond acceptors (Lipinski definition) is 0. The van der Waals surface area contributed by atoms with Gasteiger partial charge >= 0.3 is 0 Å². The van der Waals surface area contributed by atoms with Gasteiger partial charge in [0.05, 0.1) is 0 Å². The minimum atomic E-state index is 0.753. The number of rotatable bonds is 2. The first-order chi connectivity index (χ1) is 11.6. The van der Waals surface area contributed by atoms with E-state index in [0.29, 0.717) is 0 Å². The molecule has 124 valence electrons. The van der Waals surface area contributed by atoms with Crippen molar-refractivity contribution in [1.82, 2.24) is 0 Å². The molecule has 0 aliphatic heterocycles. The number of benzene rings is 2. The van der Waals surface area contributed by atoms with E-state index in [1.54, 1.807) is 22.3 Å². The highest BCUT2D eigenvalue weighted by Crippen LogP contribution is 2.43. The van der Waals surface area contributed by atoms with E-state index >= 15 is 0 Å². The molecule has 1 fully saturated rings. The van der Waals surface area contributed by atoms with Gasteiger partial charge in [0.1, 0.15) is 0 Å². The van der Waals surface area contributed by atoms with Crippen LogP contribution < -0.4 is 0 Å². The van der Waals surface area contributed by atoms with Gasteiger partial charge in [-0.05, 0) is 92.5 Å². The molecule has 4 rings (SSSR count). The first kappa shape index (κ1) is 15.7. The topological polar surface area (TPSA) is 0 Å². The largest absolute Gasteiger partial charge is 0.0683 e. The van der Waals surface area contributed by atoms with Crippen LogP contribution in [0.1, 0.15) is 77.8 Å². The van der Waals surface area contributed by atoms with Crippen LogP contribution in [0.15, 0.2) is 42.0 Å². The van der Waals surface area contributed by atoms with Crippen molar-refractivity contribution >= 4 is 6.08 Å². The Morgan fingerprint density at radius 2 is 1.42 bits per heavy atom. The van der Waals surface area contributed by atoms with Crippen LogP contribution in [0.4, 0.5) is 0 Å². The first-order valence-electron chi connectivity index (χ1n) is 9.48. The summed E-state index contributed by atoms with van der Waals surface area (Å²) < 4.78 is 0. The van der Waals surface area contributed by atoms with Crippen molar-refractivity contribution in [2.75, 3.05) is 0 Å². The molecule has 0 saturated heterocycles. The number of fused-ring (bicyclic) bond motifs is 1. The third-order valence-corrected chi connectivity index (χ3v) is 6.19. The summed E-state index contributed by atoms with van der Waals surface area (Å²) in [5, 5.41) is 0. The van der Waals surface area contributed by atoms with Gasteiger partial charge in [-0.2, -0.15) is 0 Å². The third-order valence-electron chi connectivity index (χ3n) is 6.19. The molecule has 2 aliphatic carbocycles. The fourth-order valence-electron chi connectivity index (χ4n) is 4.71. The van der Waals surface area contributed by atoms with Crippen LogP contribution in [0.5, 0.6) is 0 Å². The lowest BCUT2D eigenvalue weighted by Crippen LogP contribution is -2.13. The predicted octanol–water partition coefficient (Wildman–Crippen LogP) is 6.70. The van der Waals surface area contributed by atoms with Crippen LogP contribution in [-0.4, -0.2) is 0 Å². The van der Waals surface area contributed by atoms with Gasteiger partial charge in [0.2, 0.25) is 0 Å². The van der Waals surface area contributed by atoms with E-state index in [4.69, 9.17) is 0 Å². The molecule has 0 bridgehead atoms. The summed E-state index contributed by atoms with van der Waals surface area (Å²) in [6, 6.07) is 14.0. The lowest BCUT2D eigenvalue weighted by atomic mass is 9.74. The molecule has 0 unspecified atom stereocenters. The SMILES string of the molecule is CC1=Cc2c(C3CCC(c4ccc(C)cc4)CC3)ccc(C)c2C1. The molecule has 0 amide bonds. The third kappa shape index (κ3) is 2.83. The van der Waals surface area contributed by atoms with Gasteiger partial charge in [-0.1, -0.05) is 53.6 Å². The van der Waals surface area contributed by atoms with Crippen molar-refractivity contribution in [3.63, 3.8) is 0 Å². The van der Waals surface area contributed by atoms with E-state index in [1.165, 1.54) is 42.4 Å². The minimum Gasteiger partial charge on any atom is -0.0683 e. The summed E-state index contributed by atoms with van der Waals surface area (Å²) in [5.41, 5.74) is 10.7. The van der Waals surface area contributed by atoms with Crippen LogP contribution >= 0.6 is 0 Å². The Morgan fingerprint density at radius 1 is 0.750 bits per heavy atom. The lowest BCUT2D eigenvalue weighted by Gasteiger charge is -2.30. The fourth-order valence-corrected chi connectivity index (χ4v) is 4.71. The quantitative estimate of drug-likeness (QED) is 0.578. The smallest absolute Gasteiger partial charge is 0.00579 e. The molecule has 0 N–H and O–H groups in total. The van der Waals surface area contributed by atoms with E-state index in [0.717, 1.165) is 18.3 Å². The highest BCUT2D eigenvalue weighted by molar-refractivity contribution is 5.68. The monoisotopic (exact) mass is 316 g/mol. The maximum atomic E-state index is 2.45. The summed E-state index contributed by atoms with van der Waals surface area (Å²) in [7, 11) is 0. The average molecular weight is 316 g/mol. The summed E-state index contributed by atoms with van der Waals surface area (Å²) in [4.78, 5) is 0. The Bertz CT molecular complexity index is 768.